The van der Waals surface area contributed by atoms with Crippen molar-refractivity contribution in [3.8, 4) is 0 Å². The SMILES string of the molecule is CC(C)(CO)SCC(=N)N. The monoisotopic (exact) mass is 162 g/mol. The van der Waals surface area contributed by atoms with Crippen molar-refractivity contribution in [1.82, 2.24) is 0 Å². The lowest BCUT2D eigenvalue weighted by molar-refractivity contribution is 0.265. The van der Waals surface area contributed by atoms with Gasteiger partial charge in [0.25, 0.3) is 0 Å². The fourth-order valence-corrected chi connectivity index (χ4v) is 0.956. The number of amidine groups is 1. The summed E-state index contributed by atoms with van der Waals surface area (Å²) in [4.78, 5) is 0. The Balaban J connectivity index is 3.56. The minimum absolute atomic E-state index is 0.116. The van der Waals surface area contributed by atoms with E-state index < -0.39 is 0 Å². The van der Waals surface area contributed by atoms with Gasteiger partial charge in [-0.15, -0.1) is 11.8 Å². The second-order valence-corrected chi connectivity index (χ2v) is 4.41. The van der Waals surface area contributed by atoms with Crippen molar-refractivity contribution in [2.75, 3.05) is 12.4 Å². The van der Waals surface area contributed by atoms with Crippen molar-refractivity contribution in [3.05, 3.63) is 0 Å². The van der Waals surface area contributed by atoms with Gasteiger partial charge in [0.1, 0.15) is 5.84 Å². The van der Waals surface area contributed by atoms with Gasteiger partial charge in [-0.05, 0) is 13.8 Å². The van der Waals surface area contributed by atoms with Gasteiger partial charge in [0, 0.05) is 4.75 Å². The molecular weight excluding hydrogens is 148 g/mol. The van der Waals surface area contributed by atoms with E-state index >= 15 is 0 Å². The van der Waals surface area contributed by atoms with Crippen LogP contribution >= 0.6 is 11.8 Å². The largest absolute Gasteiger partial charge is 0.395 e. The highest BCUT2D eigenvalue weighted by Crippen LogP contribution is 2.22. The Hall–Kier alpha value is -0.220. The average molecular weight is 162 g/mol. The van der Waals surface area contributed by atoms with Gasteiger partial charge in [-0.1, -0.05) is 0 Å². The summed E-state index contributed by atoms with van der Waals surface area (Å²) in [5.41, 5.74) is 5.14. The predicted octanol–water partition coefficient (Wildman–Crippen LogP) is 0.426. The third kappa shape index (κ3) is 4.64. The van der Waals surface area contributed by atoms with E-state index in [2.05, 4.69) is 0 Å². The Morgan fingerprint density at radius 1 is 1.70 bits per heavy atom. The normalized spacial score (nSPS) is 11.5. The summed E-state index contributed by atoms with van der Waals surface area (Å²) in [6.07, 6.45) is 0. The number of aliphatic hydroxyl groups excluding tert-OH is 1. The molecule has 0 aliphatic rings. The number of hydrogen-bond acceptors (Lipinski definition) is 3. The molecule has 0 spiro atoms. The molecule has 0 saturated heterocycles. The molecule has 0 saturated carbocycles. The highest BCUT2D eigenvalue weighted by molar-refractivity contribution is 8.01. The first-order valence-electron chi connectivity index (χ1n) is 3.05. The van der Waals surface area contributed by atoms with Crippen molar-refractivity contribution in [3.63, 3.8) is 0 Å². The molecule has 0 rings (SSSR count). The molecule has 0 fully saturated rings. The molecule has 0 radical (unpaired) electrons. The first-order chi connectivity index (χ1) is 4.48. The molecule has 0 unspecified atom stereocenters. The predicted molar refractivity (Wildman–Crippen MR) is 45.5 cm³/mol. The molecule has 0 aromatic rings. The first-order valence-corrected chi connectivity index (χ1v) is 4.04. The number of aliphatic hydroxyl groups is 1. The van der Waals surface area contributed by atoms with Crippen LogP contribution in [0.3, 0.4) is 0 Å². The summed E-state index contributed by atoms with van der Waals surface area (Å²) in [5, 5.41) is 15.7. The Bertz CT molecular complexity index is 125. The van der Waals surface area contributed by atoms with Crippen LogP contribution in [-0.4, -0.2) is 28.0 Å². The number of nitrogens with two attached hydrogens (primary N) is 1. The van der Waals surface area contributed by atoms with Gasteiger partial charge in [-0.3, -0.25) is 5.41 Å². The fourth-order valence-electron chi connectivity index (χ4n) is 0.319. The van der Waals surface area contributed by atoms with E-state index in [9.17, 15) is 0 Å². The van der Waals surface area contributed by atoms with E-state index in [-0.39, 0.29) is 17.2 Å². The van der Waals surface area contributed by atoms with Crippen LogP contribution in [0.15, 0.2) is 0 Å². The molecule has 0 bridgehead atoms. The van der Waals surface area contributed by atoms with Crippen LogP contribution in [0, 0.1) is 5.41 Å². The highest BCUT2D eigenvalue weighted by Gasteiger charge is 2.16. The Kier molecular flexibility index (Phi) is 3.75. The van der Waals surface area contributed by atoms with E-state index in [0.29, 0.717) is 5.75 Å². The van der Waals surface area contributed by atoms with Crippen LogP contribution in [0.4, 0.5) is 0 Å². The quantitative estimate of drug-likeness (QED) is 0.414. The van der Waals surface area contributed by atoms with Gasteiger partial charge in [-0.25, -0.2) is 0 Å². The van der Waals surface area contributed by atoms with E-state index in [4.69, 9.17) is 16.2 Å². The third-order valence-corrected chi connectivity index (χ3v) is 2.37. The van der Waals surface area contributed by atoms with Crippen LogP contribution in [0.1, 0.15) is 13.8 Å². The molecular formula is C6H14N2OS. The summed E-state index contributed by atoms with van der Waals surface area (Å²) in [6.45, 7) is 3.95. The molecule has 0 atom stereocenters. The maximum Gasteiger partial charge on any atom is 0.101 e. The minimum Gasteiger partial charge on any atom is -0.395 e. The van der Waals surface area contributed by atoms with Crippen LogP contribution in [0.25, 0.3) is 0 Å². The second-order valence-electron chi connectivity index (χ2n) is 2.73. The van der Waals surface area contributed by atoms with Gasteiger partial charge in [0.15, 0.2) is 0 Å². The lowest BCUT2D eigenvalue weighted by Crippen LogP contribution is -2.24. The van der Waals surface area contributed by atoms with Crippen LogP contribution in [0.5, 0.6) is 0 Å². The zero-order valence-corrected chi connectivity index (χ0v) is 7.16. The Morgan fingerprint density at radius 3 is 2.50 bits per heavy atom. The molecule has 4 heteroatoms. The van der Waals surface area contributed by atoms with Gasteiger partial charge >= 0.3 is 0 Å². The molecule has 4 N–H and O–H groups in total. The zero-order valence-electron chi connectivity index (χ0n) is 6.35. The summed E-state index contributed by atoms with van der Waals surface area (Å²) in [5.74, 6) is 0.652. The summed E-state index contributed by atoms with van der Waals surface area (Å²) < 4.78 is -0.175. The zero-order chi connectivity index (χ0) is 8.20. The summed E-state index contributed by atoms with van der Waals surface area (Å²) in [7, 11) is 0. The number of hydrogen-bond donors (Lipinski definition) is 3. The van der Waals surface area contributed by atoms with E-state index in [1.54, 1.807) is 0 Å². The van der Waals surface area contributed by atoms with Crippen LogP contribution < -0.4 is 5.73 Å². The molecule has 0 aliphatic heterocycles. The molecule has 0 aliphatic carbocycles. The molecule has 0 amide bonds. The van der Waals surface area contributed by atoms with Crippen molar-refractivity contribution >= 4 is 17.6 Å². The van der Waals surface area contributed by atoms with Gasteiger partial charge in [-0.2, -0.15) is 0 Å². The number of nitrogens with one attached hydrogen (secondary N) is 1. The first kappa shape index (κ1) is 9.78. The average Bonchev–Trinajstić information content (AvgIpc) is 1.85. The lowest BCUT2D eigenvalue weighted by Gasteiger charge is -2.19. The van der Waals surface area contributed by atoms with Gasteiger partial charge < -0.3 is 10.8 Å². The minimum atomic E-state index is -0.175. The third-order valence-electron chi connectivity index (χ3n) is 0.999. The van der Waals surface area contributed by atoms with Gasteiger partial charge in [0.2, 0.25) is 0 Å². The molecule has 0 aromatic heterocycles. The van der Waals surface area contributed by atoms with E-state index in [1.807, 2.05) is 13.8 Å². The maximum atomic E-state index is 8.77. The molecule has 0 aromatic carbocycles. The molecule has 10 heavy (non-hydrogen) atoms. The maximum absolute atomic E-state index is 8.77. The highest BCUT2D eigenvalue weighted by atomic mass is 32.2. The van der Waals surface area contributed by atoms with Crippen molar-refractivity contribution in [2.24, 2.45) is 5.73 Å². The Morgan fingerprint density at radius 2 is 2.20 bits per heavy atom. The van der Waals surface area contributed by atoms with Crippen molar-refractivity contribution in [1.29, 1.82) is 5.41 Å². The standard InChI is InChI=1S/C6H14N2OS/c1-6(2,4-9)10-3-5(7)8/h9H,3-4H2,1-2H3,(H3,7,8). The topological polar surface area (TPSA) is 70.1 Å². The van der Waals surface area contributed by atoms with Crippen LogP contribution in [-0.2, 0) is 0 Å². The Labute approximate surface area is 65.5 Å². The number of thioether (sulfide) groups is 1. The number of rotatable bonds is 4. The fraction of sp³-hybridized carbons (Fsp3) is 0.833. The van der Waals surface area contributed by atoms with Crippen molar-refractivity contribution < 1.29 is 5.11 Å². The lowest BCUT2D eigenvalue weighted by atomic mass is 10.2. The smallest absolute Gasteiger partial charge is 0.101 e. The molecule has 0 heterocycles. The second kappa shape index (κ2) is 3.83. The summed E-state index contributed by atoms with van der Waals surface area (Å²) >= 11 is 1.49. The molecule has 60 valence electrons. The van der Waals surface area contributed by atoms with Gasteiger partial charge in [0.05, 0.1) is 12.4 Å². The van der Waals surface area contributed by atoms with E-state index in [0.717, 1.165) is 0 Å². The van der Waals surface area contributed by atoms with E-state index in [1.165, 1.54) is 11.8 Å². The summed E-state index contributed by atoms with van der Waals surface area (Å²) in [6, 6.07) is 0. The van der Waals surface area contributed by atoms with Crippen LogP contribution in [0.2, 0.25) is 0 Å². The molecule has 3 nitrogen and oxygen atoms in total. The van der Waals surface area contributed by atoms with Crippen molar-refractivity contribution in [2.45, 2.75) is 18.6 Å².